The zero-order valence-corrected chi connectivity index (χ0v) is 11.4. The summed E-state index contributed by atoms with van der Waals surface area (Å²) in [4.78, 5) is 11.2. The van der Waals surface area contributed by atoms with Crippen molar-refractivity contribution in [3.05, 3.63) is 35.4 Å². The van der Waals surface area contributed by atoms with Gasteiger partial charge in [0.05, 0.1) is 5.56 Å². The molecule has 2 nitrogen and oxygen atoms in total. The Morgan fingerprint density at radius 1 is 1.28 bits per heavy atom. The molecular formula is C12H10F3IO2. The Hall–Kier alpha value is -0.790. The topological polar surface area (TPSA) is 26.3 Å². The molecule has 1 aliphatic rings. The number of hydrogen-bond acceptors (Lipinski definition) is 2. The summed E-state index contributed by atoms with van der Waals surface area (Å²) in [5, 5.41) is 0. The maximum Gasteiger partial charge on any atom is 0.416 e. The minimum atomic E-state index is -4.34. The first-order chi connectivity index (χ1) is 8.37. The minimum Gasteiger partial charge on any atom is -0.453 e. The van der Waals surface area contributed by atoms with E-state index in [1.54, 1.807) is 0 Å². The summed E-state index contributed by atoms with van der Waals surface area (Å²) in [6.45, 7) is 0. The maximum atomic E-state index is 12.4. The van der Waals surface area contributed by atoms with Gasteiger partial charge < -0.3 is 4.74 Å². The number of rotatable bonds is 2. The van der Waals surface area contributed by atoms with Crippen LogP contribution >= 0.6 is 22.6 Å². The summed E-state index contributed by atoms with van der Waals surface area (Å²) in [6, 6.07) is 4.82. The summed E-state index contributed by atoms with van der Waals surface area (Å²) in [5.74, 6) is -0.299. The largest absolute Gasteiger partial charge is 0.453 e. The molecule has 1 aromatic carbocycles. The smallest absolute Gasteiger partial charge is 0.416 e. The van der Waals surface area contributed by atoms with Crippen LogP contribution < -0.4 is 0 Å². The number of hydrogen-bond donors (Lipinski definition) is 0. The molecule has 0 saturated carbocycles. The molecular weight excluding hydrogens is 360 g/mol. The first-order valence-corrected chi connectivity index (χ1v) is 6.85. The lowest BCUT2D eigenvalue weighted by molar-refractivity contribution is -0.147. The molecule has 0 aliphatic carbocycles. The second-order valence-electron chi connectivity index (χ2n) is 4.18. The van der Waals surface area contributed by atoms with Gasteiger partial charge in [-0.2, -0.15) is 13.2 Å². The Labute approximate surface area is 116 Å². The monoisotopic (exact) mass is 370 g/mol. The lowest BCUT2D eigenvalue weighted by Crippen LogP contribution is -2.27. The van der Waals surface area contributed by atoms with Crippen molar-refractivity contribution in [2.24, 2.45) is 0 Å². The van der Waals surface area contributed by atoms with Crippen molar-refractivity contribution < 1.29 is 22.7 Å². The summed E-state index contributed by atoms with van der Waals surface area (Å²) >= 11 is 2.08. The van der Waals surface area contributed by atoms with E-state index in [9.17, 15) is 18.0 Å². The van der Waals surface area contributed by atoms with Crippen molar-refractivity contribution in [1.82, 2.24) is 0 Å². The highest BCUT2D eigenvalue weighted by atomic mass is 127. The molecule has 1 atom stereocenters. The summed E-state index contributed by atoms with van der Waals surface area (Å²) < 4.78 is 43.2. The molecule has 1 aliphatic heterocycles. The molecule has 1 heterocycles. The van der Waals surface area contributed by atoms with Crippen LogP contribution in [0.3, 0.4) is 0 Å². The molecule has 0 bridgehead atoms. The highest BCUT2D eigenvalue weighted by Gasteiger charge is 2.41. The predicted octanol–water partition coefficient (Wildman–Crippen LogP) is 3.67. The Kier molecular flexibility index (Phi) is 3.57. The molecule has 1 aromatic rings. The Morgan fingerprint density at radius 2 is 1.89 bits per heavy atom. The van der Waals surface area contributed by atoms with Crippen LogP contribution in [0.5, 0.6) is 0 Å². The van der Waals surface area contributed by atoms with Crippen molar-refractivity contribution in [1.29, 1.82) is 0 Å². The minimum absolute atomic E-state index is 0.299. The van der Waals surface area contributed by atoms with Crippen molar-refractivity contribution >= 4 is 28.6 Å². The second-order valence-corrected chi connectivity index (χ2v) is 4.94. The molecule has 0 amide bonds. The van der Waals surface area contributed by atoms with Crippen LogP contribution in [0.25, 0.3) is 0 Å². The molecule has 0 radical (unpaired) electrons. The first kappa shape index (κ1) is 13.6. The maximum absolute atomic E-state index is 12.4. The molecule has 0 aromatic heterocycles. The highest BCUT2D eigenvalue weighted by Crippen LogP contribution is 2.39. The van der Waals surface area contributed by atoms with Gasteiger partial charge >= 0.3 is 12.1 Å². The van der Waals surface area contributed by atoms with E-state index in [1.807, 2.05) is 0 Å². The van der Waals surface area contributed by atoms with Gasteiger partial charge in [0.15, 0.2) is 0 Å². The van der Waals surface area contributed by atoms with Crippen LogP contribution in [0.1, 0.15) is 24.0 Å². The second kappa shape index (κ2) is 4.71. The number of carbonyl (C=O) groups excluding carboxylic acids is 1. The number of ether oxygens (including phenoxy) is 1. The van der Waals surface area contributed by atoms with Gasteiger partial charge in [0.25, 0.3) is 0 Å². The average molecular weight is 370 g/mol. The zero-order chi connectivity index (χ0) is 13.4. The fourth-order valence-electron chi connectivity index (χ4n) is 1.96. The van der Waals surface area contributed by atoms with E-state index in [1.165, 1.54) is 12.1 Å². The van der Waals surface area contributed by atoms with Gasteiger partial charge in [-0.15, -0.1) is 0 Å². The van der Waals surface area contributed by atoms with Crippen LogP contribution in [0.4, 0.5) is 13.2 Å². The van der Waals surface area contributed by atoms with Crippen molar-refractivity contribution in [2.45, 2.75) is 24.6 Å². The molecule has 1 fully saturated rings. The van der Waals surface area contributed by atoms with Crippen molar-refractivity contribution in [3.8, 4) is 0 Å². The lowest BCUT2D eigenvalue weighted by Gasteiger charge is -2.26. The van der Waals surface area contributed by atoms with Gasteiger partial charge in [-0.3, -0.25) is 4.79 Å². The highest BCUT2D eigenvalue weighted by molar-refractivity contribution is 14.1. The van der Waals surface area contributed by atoms with Gasteiger partial charge in [-0.25, -0.2) is 0 Å². The number of carbonyl (C=O) groups is 1. The van der Waals surface area contributed by atoms with Crippen molar-refractivity contribution in [2.75, 3.05) is 4.43 Å². The average Bonchev–Trinajstić information content (AvgIpc) is 2.71. The SMILES string of the molecule is O=C1CCC(CI)(c2ccc(C(F)(F)F)cc2)O1. The quantitative estimate of drug-likeness (QED) is 0.451. The number of cyclic esters (lactones) is 1. The molecule has 0 spiro atoms. The fraction of sp³-hybridized carbons (Fsp3) is 0.417. The predicted molar refractivity (Wildman–Crippen MR) is 67.3 cm³/mol. The number of esters is 1. The number of alkyl halides is 4. The van der Waals surface area contributed by atoms with E-state index in [2.05, 4.69) is 22.6 Å². The zero-order valence-electron chi connectivity index (χ0n) is 9.26. The fourth-order valence-corrected chi connectivity index (χ4v) is 2.94. The molecule has 6 heteroatoms. The van der Waals surface area contributed by atoms with Gasteiger partial charge in [0.1, 0.15) is 5.60 Å². The van der Waals surface area contributed by atoms with Crippen LogP contribution in [0.2, 0.25) is 0 Å². The molecule has 1 saturated heterocycles. The van der Waals surface area contributed by atoms with E-state index < -0.39 is 17.3 Å². The summed E-state index contributed by atoms with van der Waals surface area (Å²) in [5.41, 5.74) is -0.836. The van der Waals surface area contributed by atoms with E-state index in [-0.39, 0.29) is 5.97 Å². The van der Waals surface area contributed by atoms with Gasteiger partial charge in [-0.1, -0.05) is 34.7 Å². The lowest BCUT2D eigenvalue weighted by atomic mass is 9.92. The molecule has 0 N–H and O–H groups in total. The third kappa shape index (κ3) is 2.48. The molecule has 18 heavy (non-hydrogen) atoms. The normalized spacial score (nSPS) is 24.1. The number of halogens is 4. The third-order valence-electron chi connectivity index (χ3n) is 3.00. The first-order valence-electron chi connectivity index (χ1n) is 5.33. The van der Waals surface area contributed by atoms with Gasteiger partial charge in [-0.05, 0) is 17.7 Å². The van der Waals surface area contributed by atoms with E-state index in [0.717, 1.165) is 12.1 Å². The molecule has 2 rings (SSSR count). The van der Waals surface area contributed by atoms with Gasteiger partial charge in [0, 0.05) is 17.3 Å². The Balaban J connectivity index is 2.31. The van der Waals surface area contributed by atoms with Crippen molar-refractivity contribution in [3.63, 3.8) is 0 Å². The summed E-state index contributed by atoms with van der Waals surface area (Å²) in [7, 11) is 0. The number of benzene rings is 1. The third-order valence-corrected chi connectivity index (χ3v) is 4.23. The summed E-state index contributed by atoms with van der Waals surface area (Å²) in [6.07, 6.45) is -3.52. The molecule has 1 unspecified atom stereocenters. The Morgan fingerprint density at radius 3 is 2.28 bits per heavy atom. The van der Waals surface area contributed by atoms with E-state index in [4.69, 9.17) is 4.74 Å². The van der Waals surface area contributed by atoms with Crippen LogP contribution in [-0.4, -0.2) is 10.4 Å². The van der Waals surface area contributed by atoms with E-state index >= 15 is 0 Å². The standard InChI is InChI=1S/C12H10F3IO2/c13-12(14,15)9-3-1-8(2-4-9)11(7-16)6-5-10(17)18-11/h1-4H,5-7H2. The van der Waals surface area contributed by atoms with Crippen LogP contribution in [-0.2, 0) is 21.3 Å². The van der Waals surface area contributed by atoms with Gasteiger partial charge in [0.2, 0.25) is 0 Å². The van der Waals surface area contributed by atoms with Crippen LogP contribution in [0, 0.1) is 0 Å². The molecule has 98 valence electrons. The Bertz CT molecular complexity index is 455. The van der Waals surface area contributed by atoms with Crippen LogP contribution in [0.15, 0.2) is 24.3 Å². The van der Waals surface area contributed by atoms with E-state index in [0.29, 0.717) is 22.8 Å².